The lowest BCUT2D eigenvalue weighted by Crippen LogP contribution is -2.24. The van der Waals surface area contributed by atoms with Crippen molar-refractivity contribution in [2.24, 2.45) is 0 Å². The van der Waals surface area contributed by atoms with E-state index in [4.69, 9.17) is 0 Å². The highest BCUT2D eigenvalue weighted by molar-refractivity contribution is 5.19. The van der Waals surface area contributed by atoms with Crippen molar-refractivity contribution in [1.82, 2.24) is 15.6 Å². The Bertz CT molecular complexity index is 456. The number of aryl methyl sites for hydroxylation is 1. The van der Waals surface area contributed by atoms with E-state index in [-0.39, 0.29) is 12.6 Å². The fraction of sp³-hybridized carbons (Fsp3) is 0.333. The topological polar surface area (TPSA) is 71.2 Å². The van der Waals surface area contributed by atoms with Gasteiger partial charge in [-0.15, -0.1) is 0 Å². The fourth-order valence-electron chi connectivity index (χ4n) is 1.60. The minimum atomic E-state index is -0.104. The first-order chi connectivity index (χ1) is 8.31. The first-order valence-corrected chi connectivity index (χ1v) is 5.48. The summed E-state index contributed by atoms with van der Waals surface area (Å²) in [5.41, 5.74) is 2.57. The smallest absolute Gasteiger partial charge is 0.121 e. The van der Waals surface area contributed by atoms with Gasteiger partial charge in [-0.25, -0.2) is 4.63 Å². The van der Waals surface area contributed by atoms with Crippen LogP contribution in [0.4, 0.5) is 0 Å². The maximum atomic E-state index is 9.36. The molecule has 1 heterocycles. The van der Waals surface area contributed by atoms with Crippen LogP contribution >= 0.6 is 0 Å². The predicted molar refractivity (Wildman–Crippen MR) is 62.1 cm³/mol. The number of aliphatic hydroxyl groups is 1. The predicted octanol–water partition coefficient (Wildman–Crippen LogP) is 1.20. The number of rotatable bonds is 5. The summed E-state index contributed by atoms with van der Waals surface area (Å²) in [4.78, 5) is 0. The first kappa shape index (κ1) is 11.8. The Hall–Kier alpha value is -1.72. The van der Waals surface area contributed by atoms with Crippen LogP contribution in [-0.2, 0) is 6.54 Å². The molecule has 5 nitrogen and oxygen atoms in total. The van der Waals surface area contributed by atoms with Crippen molar-refractivity contribution in [3.8, 4) is 0 Å². The summed E-state index contributed by atoms with van der Waals surface area (Å²) >= 11 is 0. The van der Waals surface area contributed by atoms with Crippen molar-refractivity contribution < 1.29 is 9.74 Å². The largest absolute Gasteiger partial charge is 0.394 e. The van der Waals surface area contributed by atoms with Gasteiger partial charge in [0.05, 0.1) is 12.6 Å². The number of nitrogens with zero attached hydrogens (tertiary/aromatic N) is 2. The molecule has 0 aliphatic carbocycles. The monoisotopic (exact) mass is 233 g/mol. The van der Waals surface area contributed by atoms with E-state index in [2.05, 4.69) is 20.3 Å². The summed E-state index contributed by atoms with van der Waals surface area (Å²) in [5.74, 6) is 0. The van der Waals surface area contributed by atoms with Crippen molar-refractivity contribution in [3.05, 3.63) is 47.3 Å². The van der Waals surface area contributed by atoms with Crippen molar-refractivity contribution in [3.63, 3.8) is 0 Å². The molecule has 0 radical (unpaired) electrons. The summed E-state index contributed by atoms with van der Waals surface area (Å²) in [7, 11) is 0. The second-order valence-corrected chi connectivity index (χ2v) is 3.82. The molecule has 17 heavy (non-hydrogen) atoms. The average Bonchev–Trinajstić information content (AvgIpc) is 2.77. The van der Waals surface area contributed by atoms with Gasteiger partial charge in [-0.1, -0.05) is 40.6 Å². The molecule has 0 spiro atoms. The van der Waals surface area contributed by atoms with E-state index in [1.54, 1.807) is 0 Å². The summed E-state index contributed by atoms with van der Waals surface area (Å²) < 4.78 is 4.61. The summed E-state index contributed by atoms with van der Waals surface area (Å²) in [6.07, 6.45) is 0. The lowest BCUT2D eigenvalue weighted by atomic mass is 10.1. The van der Waals surface area contributed by atoms with Crippen molar-refractivity contribution in [1.29, 1.82) is 0 Å². The van der Waals surface area contributed by atoms with Gasteiger partial charge in [0, 0.05) is 6.54 Å². The third-order valence-electron chi connectivity index (χ3n) is 2.65. The quantitative estimate of drug-likeness (QED) is 0.812. The van der Waals surface area contributed by atoms with Crippen molar-refractivity contribution in [2.75, 3.05) is 6.61 Å². The zero-order valence-electron chi connectivity index (χ0n) is 9.63. The number of hydrogen-bond donors (Lipinski definition) is 2. The molecule has 0 bridgehead atoms. The van der Waals surface area contributed by atoms with Gasteiger partial charge in [0.25, 0.3) is 0 Å². The van der Waals surface area contributed by atoms with Crippen LogP contribution in [0, 0.1) is 6.92 Å². The molecule has 90 valence electrons. The number of hydrogen-bond acceptors (Lipinski definition) is 5. The zero-order valence-corrected chi connectivity index (χ0v) is 9.63. The van der Waals surface area contributed by atoms with Gasteiger partial charge in [-0.3, -0.25) is 0 Å². The Balaban J connectivity index is 1.99. The number of nitrogens with one attached hydrogen (secondary N) is 1. The molecule has 0 aliphatic rings. The van der Waals surface area contributed by atoms with Crippen LogP contribution in [0.1, 0.15) is 23.0 Å². The van der Waals surface area contributed by atoms with E-state index in [1.165, 1.54) is 0 Å². The van der Waals surface area contributed by atoms with Gasteiger partial charge in [-0.05, 0) is 12.5 Å². The normalized spacial score (nSPS) is 12.6. The second kappa shape index (κ2) is 5.56. The van der Waals surface area contributed by atoms with Crippen LogP contribution in [0.3, 0.4) is 0 Å². The Morgan fingerprint density at radius 3 is 2.65 bits per heavy atom. The Morgan fingerprint density at radius 2 is 2.06 bits per heavy atom. The molecule has 0 aliphatic heterocycles. The molecule has 2 N–H and O–H groups in total. The summed E-state index contributed by atoms with van der Waals surface area (Å²) in [6.45, 7) is 2.40. The first-order valence-electron chi connectivity index (χ1n) is 5.48. The molecular weight excluding hydrogens is 218 g/mol. The minimum Gasteiger partial charge on any atom is -0.394 e. The van der Waals surface area contributed by atoms with Crippen LogP contribution in [0.5, 0.6) is 0 Å². The third-order valence-corrected chi connectivity index (χ3v) is 2.65. The highest BCUT2D eigenvalue weighted by atomic mass is 16.6. The SMILES string of the molecule is Cc1nonc1CNC(CO)c1ccccc1. The standard InChI is InChI=1S/C12H15N3O2/c1-9-11(15-17-14-9)7-13-12(8-16)10-5-3-2-4-6-10/h2-6,12-13,16H,7-8H2,1H3. The molecule has 2 aromatic rings. The molecule has 1 aromatic heterocycles. The van der Waals surface area contributed by atoms with Crippen molar-refractivity contribution >= 4 is 0 Å². The van der Waals surface area contributed by atoms with Crippen LogP contribution < -0.4 is 5.32 Å². The van der Waals surface area contributed by atoms with E-state index >= 15 is 0 Å². The molecule has 0 amide bonds. The lowest BCUT2D eigenvalue weighted by molar-refractivity contribution is 0.242. The summed E-state index contributed by atoms with van der Waals surface area (Å²) in [6, 6.07) is 9.69. The van der Waals surface area contributed by atoms with Gasteiger partial charge >= 0.3 is 0 Å². The third kappa shape index (κ3) is 2.89. The van der Waals surface area contributed by atoms with Crippen LogP contribution in [0.2, 0.25) is 0 Å². The Kier molecular flexibility index (Phi) is 3.85. The van der Waals surface area contributed by atoms with Crippen LogP contribution in [0.15, 0.2) is 35.0 Å². The average molecular weight is 233 g/mol. The van der Waals surface area contributed by atoms with E-state index in [0.717, 1.165) is 17.0 Å². The van der Waals surface area contributed by atoms with E-state index < -0.39 is 0 Å². The molecule has 2 rings (SSSR count). The summed E-state index contributed by atoms with van der Waals surface area (Å²) in [5, 5.41) is 20.1. The molecule has 0 saturated heterocycles. The molecule has 0 fully saturated rings. The number of aliphatic hydroxyl groups excluding tert-OH is 1. The molecule has 5 heteroatoms. The number of benzene rings is 1. The maximum absolute atomic E-state index is 9.36. The lowest BCUT2D eigenvalue weighted by Gasteiger charge is -2.15. The van der Waals surface area contributed by atoms with Gasteiger partial charge in [0.2, 0.25) is 0 Å². The van der Waals surface area contributed by atoms with Crippen LogP contribution in [-0.4, -0.2) is 22.0 Å². The molecule has 1 aromatic carbocycles. The van der Waals surface area contributed by atoms with Gasteiger partial charge in [-0.2, -0.15) is 0 Å². The number of aromatic nitrogens is 2. The molecule has 1 unspecified atom stereocenters. The zero-order chi connectivity index (χ0) is 12.1. The van der Waals surface area contributed by atoms with Gasteiger partial charge < -0.3 is 10.4 Å². The molecular formula is C12H15N3O2. The van der Waals surface area contributed by atoms with Gasteiger partial charge in [0.15, 0.2) is 0 Å². The highest BCUT2D eigenvalue weighted by Gasteiger charge is 2.11. The maximum Gasteiger partial charge on any atom is 0.121 e. The Morgan fingerprint density at radius 1 is 1.29 bits per heavy atom. The minimum absolute atomic E-state index is 0.0361. The van der Waals surface area contributed by atoms with E-state index in [9.17, 15) is 5.11 Å². The molecule has 1 atom stereocenters. The van der Waals surface area contributed by atoms with Crippen LogP contribution in [0.25, 0.3) is 0 Å². The van der Waals surface area contributed by atoms with E-state index in [0.29, 0.717) is 6.54 Å². The molecule has 0 saturated carbocycles. The Labute approximate surface area is 99.4 Å². The second-order valence-electron chi connectivity index (χ2n) is 3.82. The van der Waals surface area contributed by atoms with Crippen molar-refractivity contribution in [2.45, 2.75) is 19.5 Å². The van der Waals surface area contributed by atoms with Gasteiger partial charge in [0.1, 0.15) is 11.4 Å². The highest BCUT2D eigenvalue weighted by Crippen LogP contribution is 2.12. The van der Waals surface area contributed by atoms with E-state index in [1.807, 2.05) is 37.3 Å². The fourth-order valence-corrected chi connectivity index (χ4v) is 1.60.